The maximum Gasteiger partial charge on any atom is 0.126 e. The highest BCUT2D eigenvalue weighted by Crippen LogP contribution is 2.02. The van der Waals surface area contributed by atoms with Crippen molar-refractivity contribution in [1.29, 1.82) is 0 Å². The van der Waals surface area contributed by atoms with E-state index in [2.05, 4.69) is 23.1 Å². The van der Waals surface area contributed by atoms with Gasteiger partial charge >= 0.3 is 0 Å². The van der Waals surface area contributed by atoms with E-state index in [1.807, 2.05) is 13.0 Å². The van der Waals surface area contributed by atoms with Crippen molar-refractivity contribution >= 4 is 12.2 Å². The van der Waals surface area contributed by atoms with Crippen LogP contribution in [0.3, 0.4) is 0 Å². The number of aryl methyl sites for hydroxylation is 1. The van der Waals surface area contributed by atoms with E-state index in [1.54, 1.807) is 12.2 Å². The second kappa shape index (κ2) is 3.10. The van der Waals surface area contributed by atoms with Crippen LogP contribution in [-0.4, -0.2) is 9.97 Å². The largest absolute Gasteiger partial charge is 0.234 e. The summed E-state index contributed by atoms with van der Waals surface area (Å²) >= 11 is 0. The summed E-state index contributed by atoms with van der Waals surface area (Å²) < 4.78 is 0. The van der Waals surface area contributed by atoms with Crippen LogP contribution in [0.5, 0.6) is 0 Å². The molecule has 0 aliphatic rings. The standard InChI is InChI=1S/C9H10N2/c1-4-8-6-9(5-2)11-7(3)10-8/h4-6H,1-2H2,3H3. The number of nitrogens with zero attached hydrogens (tertiary/aromatic N) is 2. The molecule has 1 heterocycles. The lowest BCUT2D eigenvalue weighted by molar-refractivity contribution is 1.03. The van der Waals surface area contributed by atoms with E-state index in [-0.39, 0.29) is 0 Å². The van der Waals surface area contributed by atoms with E-state index < -0.39 is 0 Å². The van der Waals surface area contributed by atoms with Crippen LogP contribution in [0.2, 0.25) is 0 Å². The van der Waals surface area contributed by atoms with Crippen molar-refractivity contribution in [2.75, 3.05) is 0 Å². The van der Waals surface area contributed by atoms with Gasteiger partial charge < -0.3 is 0 Å². The highest BCUT2D eigenvalue weighted by Gasteiger charge is 1.93. The monoisotopic (exact) mass is 146 g/mol. The summed E-state index contributed by atoms with van der Waals surface area (Å²) in [5.41, 5.74) is 1.68. The minimum atomic E-state index is 0.748. The predicted octanol–water partition coefficient (Wildman–Crippen LogP) is 2.07. The zero-order chi connectivity index (χ0) is 8.27. The normalized spacial score (nSPS) is 9.18. The highest BCUT2D eigenvalue weighted by molar-refractivity contribution is 5.49. The van der Waals surface area contributed by atoms with Crippen LogP contribution >= 0.6 is 0 Å². The zero-order valence-corrected chi connectivity index (χ0v) is 6.54. The molecule has 56 valence electrons. The molecule has 0 fully saturated rings. The van der Waals surface area contributed by atoms with Gasteiger partial charge in [0.25, 0.3) is 0 Å². The quantitative estimate of drug-likeness (QED) is 0.638. The van der Waals surface area contributed by atoms with Gasteiger partial charge in [0.05, 0.1) is 11.4 Å². The first-order chi connectivity index (χ1) is 5.26. The van der Waals surface area contributed by atoms with Gasteiger partial charge in [0.1, 0.15) is 5.82 Å². The predicted molar refractivity (Wildman–Crippen MR) is 47.0 cm³/mol. The molecule has 11 heavy (non-hydrogen) atoms. The highest BCUT2D eigenvalue weighted by atomic mass is 14.9. The first-order valence-electron chi connectivity index (χ1n) is 3.37. The smallest absolute Gasteiger partial charge is 0.126 e. The Bertz CT molecular complexity index is 263. The molecule has 0 aromatic carbocycles. The minimum Gasteiger partial charge on any atom is -0.234 e. The Morgan fingerprint density at radius 2 is 1.64 bits per heavy atom. The fourth-order valence-corrected chi connectivity index (χ4v) is 0.824. The molecule has 0 aliphatic heterocycles. The molecule has 2 nitrogen and oxygen atoms in total. The molecule has 0 atom stereocenters. The summed E-state index contributed by atoms with van der Waals surface area (Å²) in [6.07, 6.45) is 3.39. The number of rotatable bonds is 2. The fraction of sp³-hybridized carbons (Fsp3) is 0.111. The van der Waals surface area contributed by atoms with Crippen LogP contribution in [-0.2, 0) is 0 Å². The van der Waals surface area contributed by atoms with Gasteiger partial charge in [0, 0.05) is 0 Å². The first-order valence-corrected chi connectivity index (χ1v) is 3.37. The van der Waals surface area contributed by atoms with Crippen LogP contribution in [0.15, 0.2) is 19.2 Å². The summed E-state index contributed by atoms with van der Waals surface area (Å²) in [5.74, 6) is 0.748. The second-order valence-corrected chi connectivity index (χ2v) is 2.17. The summed E-state index contributed by atoms with van der Waals surface area (Å²) in [6.45, 7) is 9.09. The van der Waals surface area contributed by atoms with Crippen molar-refractivity contribution in [3.05, 3.63) is 36.4 Å². The van der Waals surface area contributed by atoms with Crippen molar-refractivity contribution in [2.24, 2.45) is 0 Å². The average molecular weight is 146 g/mol. The molecule has 1 aromatic heterocycles. The fourth-order valence-electron chi connectivity index (χ4n) is 0.824. The first kappa shape index (κ1) is 7.66. The summed E-state index contributed by atoms with van der Waals surface area (Å²) in [6, 6.07) is 1.84. The maximum atomic E-state index is 4.12. The van der Waals surface area contributed by atoms with Crippen molar-refractivity contribution in [2.45, 2.75) is 6.92 Å². The van der Waals surface area contributed by atoms with Crippen LogP contribution in [0, 0.1) is 6.92 Å². The minimum absolute atomic E-state index is 0.748. The third kappa shape index (κ3) is 1.74. The van der Waals surface area contributed by atoms with E-state index in [4.69, 9.17) is 0 Å². The zero-order valence-electron chi connectivity index (χ0n) is 6.54. The number of hydrogen-bond donors (Lipinski definition) is 0. The lowest BCUT2D eigenvalue weighted by Crippen LogP contribution is -1.92. The van der Waals surface area contributed by atoms with Crippen molar-refractivity contribution in [3.63, 3.8) is 0 Å². The molecule has 0 unspecified atom stereocenters. The maximum absolute atomic E-state index is 4.12. The van der Waals surface area contributed by atoms with Crippen molar-refractivity contribution in [1.82, 2.24) is 9.97 Å². The molecule has 2 heteroatoms. The molecule has 1 rings (SSSR count). The summed E-state index contributed by atoms with van der Waals surface area (Å²) in [4.78, 5) is 8.25. The van der Waals surface area contributed by atoms with Crippen molar-refractivity contribution in [3.8, 4) is 0 Å². The molecule has 0 bridgehead atoms. The van der Waals surface area contributed by atoms with E-state index in [0.717, 1.165) is 17.2 Å². The molecule has 0 aliphatic carbocycles. The number of hydrogen-bond acceptors (Lipinski definition) is 2. The topological polar surface area (TPSA) is 25.8 Å². The number of aromatic nitrogens is 2. The molecule has 0 spiro atoms. The molecule has 0 amide bonds. The third-order valence-electron chi connectivity index (χ3n) is 1.30. The SMILES string of the molecule is C=Cc1cc(C=C)nc(C)n1. The second-order valence-electron chi connectivity index (χ2n) is 2.17. The molecule has 1 aromatic rings. The average Bonchev–Trinajstić information content (AvgIpc) is 2.03. The Balaban J connectivity index is 3.21. The van der Waals surface area contributed by atoms with Crippen LogP contribution in [0.4, 0.5) is 0 Å². The van der Waals surface area contributed by atoms with Gasteiger partial charge in [-0.1, -0.05) is 13.2 Å². The van der Waals surface area contributed by atoms with Gasteiger partial charge in [-0.15, -0.1) is 0 Å². The van der Waals surface area contributed by atoms with Gasteiger partial charge in [-0.3, -0.25) is 0 Å². The molecule has 0 radical (unpaired) electrons. The van der Waals surface area contributed by atoms with E-state index in [9.17, 15) is 0 Å². The molecule has 0 saturated heterocycles. The van der Waals surface area contributed by atoms with E-state index in [0.29, 0.717) is 0 Å². The van der Waals surface area contributed by atoms with E-state index >= 15 is 0 Å². The van der Waals surface area contributed by atoms with Crippen LogP contribution in [0.1, 0.15) is 17.2 Å². The van der Waals surface area contributed by atoms with Crippen LogP contribution in [0.25, 0.3) is 12.2 Å². The molecular weight excluding hydrogens is 136 g/mol. The van der Waals surface area contributed by atoms with Gasteiger partial charge in [-0.25, -0.2) is 9.97 Å². The van der Waals surface area contributed by atoms with Crippen molar-refractivity contribution < 1.29 is 0 Å². The molecule has 0 N–H and O–H groups in total. The van der Waals surface area contributed by atoms with Gasteiger partial charge in [-0.2, -0.15) is 0 Å². The Morgan fingerprint density at radius 3 is 2.00 bits per heavy atom. The lowest BCUT2D eigenvalue weighted by atomic mass is 10.3. The summed E-state index contributed by atoms with van der Waals surface area (Å²) in [7, 11) is 0. The Hall–Kier alpha value is -1.44. The lowest BCUT2D eigenvalue weighted by Gasteiger charge is -1.97. The summed E-state index contributed by atoms with van der Waals surface area (Å²) in [5, 5.41) is 0. The van der Waals surface area contributed by atoms with Gasteiger partial charge in [0.2, 0.25) is 0 Å². The Kier molecular flexibility index (Phi) is 2.16. The van der Waals surface area contributed by atoms with Gasteiger partial charge in [0.15, 0.2) is 0 Å². The molecule has 0 saturated carbocycles. The van der Waals surface area contributed by atoms with E-state index in [1.165, 1.54) is 0 Å². The van der Waals surface area contributed by atoms with Crippen LogP contribution < -0.4 is 0 Å². The Morgan fingerprint density at radius 1 is 1.18 bits per heavy atom. The Labute approximate surface area is 66.3 Å². The van der Waals surface area contributed by atoms with Gasteiger partial charge in [-0.05, 0) is 25.1 Å². The molecular formula is C9H10N2. The third-order valence-corrected chi connectivity index (χ3v) is 1.30.